The van der Waals surface area contributed by atoms with Crippen LogP contribution in [0.3, 0.4) is 0 Å². The lowest BCUT2D eigenvalue weighted by molar-refractivity contribution is 0.319. The lowest BCUT2D eigenvalue weighted by atomic mass is 10.1. The van der Waals surface area contributed by atoms with E-state index in [1.54, 1.807) is 10.9 Å². The van der Waals surface area contributed by atoms with Crippen LogP contribution in [0.1, 0.15) is 12.0 Å². The summed E-state index contributed by atoms with van der Waals surface area (Å²) in [5.74, 6) is 1.86. The summed E-state index contributed by atoms with van der Waals surface area (Å²) < 4.78 is 1.65. The number of hydrogen-bond acceptors (Lipinski definition) is 6. The third kappa shape index (κ3) is 3.67. The summed E-state index contributed by atoms with van der Waals surface area (Å²) in [6.45, 7) is 4.07. The number of rotatable bonds is 6. The monoisotopic (exact) mass is 349 g/mol. The van der Waals surface area contributed by atoms with Gasteiger partial charge in [-0.15, -0.1) is 0 Å². The Kier molecular flexibility index (Phi) is 4.79. The van der Waals surface area contributed by atoms with Gasteiger partial charge in [0.1, 0.15) is 12.0 Å². The Morgan fingerprint density at radius 1 is 1.15 bits per heavy atom. The van der Waals surface area contributed by atoms with Gasteiger partial charge in [0, 0.05) is 32.0 Å². The number of aromatic nitrogens is 4. The summed E-state index contributed by atoms with van der Waals surface area (Å²) in [5, 5.41) is 7.59. The van der Waals surface area contributed by atoms with Crippen LogP contribution in [-0.2, 0) is 6.54 Å². The number of likely N-dealkylation sites (tertiary alicyclic amines) is 1. The van der Waals surface area contributed by atoms with E-state index in [1.807, 2.05) is 12.3 Å². The number of nitrogen functional groups attached to an aromatic ring is 1. The highest BCUT2D eigenvalue weighted by atomic mass is 15.3. The van der Waals surface area contributed by atoms with Crippen molar-refractivity contribution in [3.05, 3.63) is 60.7 Å². The number of hydrogen-bond donors (Lipinski definition) is 2. The van der Waals surface area contributed by atoms with E-state index >= 15 is 0 Å². The minimum atomic E-state index is 0.523. The van der Waals surface area contributed by atoms with Crippen LogP contribution in [0, 0.1) is 5.92 Å². The van der Waals surface area contributed by atoms with Crippen LogP contribution in [-0.4, -0.2) is 44.3 Å². The van der Waals surface area contributed by atoms with E-state index < -0.39 is 0 Å². The van der Waals surface area contributed by atoms with E-state index in [2.05, 4.69) is 55.6 Å². The SMILES string of the molecule is Nc1c(NCC2CCN(Cc3ccccc3)C2)ncnc1-n1cccn1. The highest BCUT2D eigenvalue weighted by Crippen LogP contribution is 2.23. The molecule has 0 radical (unpaired) electrons. The average molecular weight is 349 g/mol. The minimum absolute atomic E-state index is 0.523. The molecule has 3 aromatic rings. The first kappa shape index (κ1) is 16.5. The van der Waals surface area contributed by atoms with E-state index in [-0.39, 0.29) is 0 Å². The summed E-state index contributed by atoms with van der Waals surface area (Å²) in [5.41, 5.74) is 8.12. The fourth-order valence-electron chi connectivity index (χ4n) is 3.41. The quantitative estimate of drug-likeness (QED) is 0.709. The Bertz CT molecular complexity index is 832. The Morgan fingerprint density at radius 2 is 2.04 bits per heavy atom. The summed E-state index contributed by atoms with van der Waals surface area (Å²) in [7, 11) is 0. The highest BCUT2D eigenvalue weighted by Gasteiger charge is 2.22. The van der Waals surface area contributed by atoms with Gasteiger partial charge in [-0.3, -0.25) is 4.90 Å². The molecule has 2 aromatic heterocycles. The van der Waals surface area contributed by atoms with Crippen LogP contribution >= 0.6 is 0 Å². The second-order valence-electron chi connectivity index (χ2n) is 6.67. The molecular formula is C19H23N7. The molecular weight excluding hydrogens is 326 g/mol. The van der Waals surface area contributed by atoms with Gasteiger partial charge in [-0.05, 0) is 30.5 Å². The molecule has 0 amide bonds. The largest absolute Gasteiger partial charge is 0.393 e. The molecule has 1 unspecified atom stereocenters. The molecule has 1 saturated heterocycles. The van der Waals surface area contributed by atoms with E-state index in [4.69, 9.17) is 5.73 Å². The molecule has 1 aliphatic rings. The van der Waals surface area contributed by atoms with Crippen molar-refractivity contribution >= 4 is 11.5 Å². The molecule has 1 aromatic carbocycles. The zero-order valence-electron chi connectivity index (χ0n) is 14.6. The molecule has 4 rings (SSSR count). The molecule has 7 nitrogen and oxygen atoms in total. The molecule has 1 atom stereocenters. The first-order chi connectivity index (χ1) is 12.8. The standard InChI is InChI=1S/C19H23N7/c20-17-18(22-14-23-19(17)26-9-4-8-24-26)21-11-16-7-10-25(13-16)12-15-5-2-1-3-6-15/h1-6,8-9,14,16H,7,10-13,20H2,(H,21,22,23). The maximum Gasteiger partial charge on any atom is 0.181 e. The van der Waals surface area contributed by atoms with Gasteiger partial charge in [-0.1, -0.05) is 30.3 Å². The molecule has 1 fully saturated rings. The van der Waals surface area contributed by atoms with E-state index in [0.717, 1.165) is 26.2 Å². The van der Waals surface area contributed by atoms with Crippen molar-refractivity contribution in [2.24, 2.45) is 5.92 Å². The number of benzene rings is 1. The Morgan fingerprint density at radius 3 is 2.85 bits per heavy atom. The molecule has 3 N–H and O–H groups in total. The van der Waals surface area contributed by atoms with Crippen LogP contribution in [0.4, 0.5) is 11.5 Å². The van der Waals surface area contributed by atoms with Crippen LogP contribution in [0.2, 0.25) is 0 Å². The lowest BCUT2D eigenvalue weighted by Crippen LogP contribution is -2.23. The summed E-state index contributed by atoms with van der Waals surface area (Å²) in [4.78, 5) is 11.0. The van der Waals surface area contributed by atoms with Gasteiger partial charge in [0.15, 0.2) is 11.6 Å². The molecule has 0 spiro atoms. The first-order valence-electron chi connectivity index (χ1n) is 8.90. The van der Waals surface area contributed by atoms with Crippen LogP contribution in [0.25, 0.3) is 5.82 Å². The number of anilines is 2. The predicted molar refractivity (Wildman–Crippen MR) is 102 cm³/mol. The van der Waals surface area contributed by atoms with Crippen molar-refractivity contribution in [3.8, 4) is 5.82 Å². The molecule has 134 valence electrons. The van der Waals surface area contributed by atoms with Gasteiger partial charge in [0.2, 0.25) is 0 Å². The maximum absolute atomic E-state index is 6.23. The second-order valence-corrected chi connectivity index (χ2v) is 6.67. The summed E-state index contributed by atoms with van der Waals surface area (Å²) in [6, 6.07) is 12.5. The zero-order valence-corrected chi connectivity index (χ0v) is 14.6. The molecule has 0 bridgehead atoms. The van der Waals surface area contributed by atoms with E-state index in [1.165, 1.54) is 18.3 Å². The van der Waals surface area contributed by atoms with Crippen molar-refractivity contribution in [3.63, 3.8) is 0 Å². The minimum Gasteiger partial charge on any atom is -0.393 e. The smallest absolute Gasteiger partial charge is 0.181 e. The molecule has 7 heteroatoms. The lowest BCUT2D eigenvalue weighted by Gasteiger charge is -2.17. The molecule has 0 saturated carbocycles. The molecule has 26 heavy (non-hydrogen) atoms. The Hall–Kier alpha value is -2.93. The van der Waals surface area contributed by atoms with Gasteiger partial charge < -0.3 is 11.1 Å². The maximum atomic E-state index is 6.23. The fourth-order valence-corrected chi connectivity index (χ4v) is 3.41. The summed E-state index contributed by atoms with van der Waals surface area (Å²) in [6.07, 6.45) is 6.22. The highest BCUT2D eigenvalue weighted by molar-refractivity contribution is 5.68. The van der Waals surface area contributed by atoms with Crippen molar-refractivity contribution in [1.82, 2.24) is 24.6 Å². The predicted octanol–water partition coefficient (Wildman–Crippen LogP) is 2.18. The van der Waals surface area contributed by atoms with Gasteiger partial charge in [-0.2, -0.15) is 5.10 Å². The zero-order chi connectivity index (χ0) is 17.8. The van der Waals surface area contributed by atoms with Crippen LogP contribution < -0.4 is 11.1 Å². The van der Waals surface area contributed by atoms with Gasteiger partial charge in [0.25, 0.3) is 0 Å². The Balaban J connectivity index is 1.34. The fraction of sp³-hybridized carbons (Fsp3) is 0.316. The third-order valence-electron chi connectivity index (χ3n) is 4.76. The number of nitrogens with two attached hydrogens (primary N) is 1. The van der Waals surface area contributed by atoms with Gasteiger partial charge in [0.05, 0.1) is 0 Å². The molecule has 1 aliphatic heterocycles. The van der Waals surface area contributed by atoms with E-state index in [0.29, 0.717) is 23.2 Å². The van der Waals surface area contributed by atoms with E-state index in [9.17, 15) is 0 Å². The van der Waals surface area contributed by atoms with Crippen LogP contribution in [0.5, 0.6) is 0 Å². The van der Waals surface area contributed by atoms with Crippen molar-refractivity contribution in [2.45, 2.75) is 13.0 Å². The number of nitrogens with zero attached hydrogens (tertiary/aromatic N) is 5. The molecule has 0 aliphatic carbocycles. The van der Waals surface area contributed by atoms with Crippen LogP contribution in [0.15, 0.2) is 55.1 Å². The normalized spacial score (nSPS) is 17.5. The third-order valence-corrected chi connectivity index (χ3v) is 4.76. The Labute approximate surface area is 152 Å². The van der Waals surface area contributed by atoms with Crippen molar-refractivity contribution in [1.29, 1.82) is 0 Å². The second kappa shape index (κ2) is 7.53. The first-order valence-corrected chi connectivity index (χ1v) is 8.90. The van der Waals surface area contributed by atoms with Crippen molar-refractivity contribution < 1.29 is 0 Å². The number of nitrogens with one attached hydrogen (secondary N) is 1. The summed E-state index contributed by atoms with van der Waals surface area (Å²) >= 11 is 0. The molecule has 3 heterocycles. The average Bonchev–Trinajstić information content (AvgIpc) is 3.34. The van der Waals surface area contributed by atoms with Gasteiger partial charge >= 0.3 is 0 Å². The van der Waals surface area contributed by atoms with Gasteiger partial charge in [-0.25, -0.2) is 14.6 Å². The topological polar surface area (TPSA) is 84.9 Å². The van der Waals surface area contributed by atoms with Crippen molar-refractivity contribution in [2.75, 3.05) is 30.7 Å².